The zero-order valence-corrected chi connectivity index (χ0v) is 24.9. The fourth-order valence-corrected chi connectivity index (χ4v) is 5.58. The van der Waals surface area contributed by atoms with Crippen molar-refractivity contribution in [1.82, 2.24) is 29.7 Å². The van der Waals surface area contributed by atoms with Gasteiger partial charge in [0.1, 0.15) is 0 Å². The summed E-state index contributed by atoms with van der Waals surface area (Å²) in [6.07, 6.45) is 17.6. The van der Waals surface area contributed by atoms with Crippen LogP contribution in [0, 0.1) is 0 Å². The van der Waals surface area contributed by atoms with E-state index in [1.807, 2.05) is 85.5 Å². The fraction of sp³-hybridized carbons (Fsp3) is 0.333. The molecule has 1 N–H and O–H groups in total. The quantitative estimate of drug-likeness (QED) is 0.207. The first-order valence-electron chi connectivity index (χ1n) is 15.3. The molecule has 0 radical (unpaired) electrons. The highest BCUT2D eigenvalue weighted by atomic mass is 16.3. The molecule has 1 unspecified atom stereocenters. The summed E-state index contributed by atoms with van der Waals surface area (Å²) < 4.78 is 0. The van der Waals surface area contributed by atoms with Crippen molar-refractivity contribution < 1.29 is 5.11 Å². The monoisotopic (exact) mass is 574 g/mol. The molecule has 1 aliphatic carbocycles. The standard InChI is InChI=1S/C36H42N6O/c43-36(30-42(26-17-34-13-3-7-22-39-34)27-18-35-14-4-8-23-40-35)19-9-10-31(28-36)29-41(24-15-32-11-1-5-20-37-32)25-16-33-12-2-6-21-38-33/h1-14,19-23,43H,15-18,24-30H2. The van der Waals surface area contributed by atoms with E-state index in [0.29, 0.717) is 13.0 Å². The van der Waals surface area contributed by atoms with E-state index < -0.39 is 5.60 Å². The van der Waals surface area contributed by atoms with Crippen LogP contribution in [-0.2, 0) is 25.7 Å². The Labute approximate surface area is 255 Å². The van der Waals surface area contributed by atoms with E-state index in [1.165, 1.54) is 5.57 Å². The van der Waals surface area contributed by atoms with E-state index in [4.69, 9.17) is 0 Å². The van der Waals surface area contributed by atoms with Crippen molar-refractivity contribution in [2.45, 2.75) is 37.7 Å². The molecule has 1 atom stereocenters. The molecule has 7 nitrogen and oxygen atoms in total. The van der Waals surface area contributed by atoms with Gasteiger partial charge in [0.2, 0.25) is 0 Å². The number of hydrogen-bond acceptors (Lipinski definition) is 7. The lowest BCUT2D eigenvalue weighted by molar-refractivity contribution is 0.0433. The number of allylic oxidation sites excluding steroid dienone is 2. The molecule has 4 heterocycles. The number of aliphatic hydroxyl groups is 1. The highest BCUT2D eigenvalue weighted by Gasteiger charge is 2.30. The number of aromatic nitrogens is 4. The van der Waals surface area contributed by atoms with Gasteiger partial charge in [-0.05, 0) is 48.5 Å². The van der Waals surface area contributed by atoms with E-state index in [-0.39, 0.29) is 0 Å². The van der Waals surface area contributed by atoms with Crippen molar-refractivity contribution in [1.29, 1.82) is 0 Å². The summed E-state index contributed by atoms with van der Waals surface area (Å²) >= 11 is 0. The van der Waals surface area contributed by atoms with Crippen LogP contribution >= 0.6 is 0 Å². The minimum absolute atomic E-state index is 0.558. The fourth-order valence-electron chi connectivity index (χ4n) is 5.58. The van der Waals surface area contributed by atoms with Crippen molar-refractivity contribution in [2.75, 3.05) is 39.3 Å². The van der Waals surface area contributed by atoms with E-state index in [0.717, 1.165) is 81.2 Å². The van der Waals surface area contributed by atoms with Crippen molar-refractivity contribution in [3.05, 3.63) is 144 Å². The van der Waals surface area contributed by atoms with Crippen LogP contribution in [-0.4, -0.2) is 79.7 Å². The van der Waals surface area contributed by atoms with E-state index in [9.17, 15) is 5.11 Å². The molecule has 0 aliphatic heterocycles. The average Bonchev–Trinajstić information content (AvgIpc) is 3.05. The van der Waals surface area contributed by atoms with Crippen molar-refractivity contribution in [2.24, 2.45) is 0 Å². The molecule has 5 rings (SSSR count). The second-order valence-electron chi connectivity index (χ2n) is 11.3. The number of pyridine rings is 4. The molecule has 43 heavy (non-hydrogen) atoms. The Morgan fingerprint density at radius 3 is 1.40 bits per heavy atom. The van der Waals surface area contributed by atoms with Crippen molar-refractivity contribution >= 4 is 0 Å². The lowest BCUT2D eigenvalue weighted by Crippen LogP contribution is -2.45. The second kappa shape index (κ2) is 16.0. The summed E-state index contributed by atoms with van der Waals surface area (Å²) in [5, 5.41) is 11.9. The first-order valence-corrected chi connectivity index (χ1v) is 15.3. The van der Waals surface area contributed by atoms with Crippen LogP contribution in [0.2, 0.25) is 0 Å². The lowest BCUT2D eigenvalue weighted by atomic mass is 9.88. The molecular weight excluding hydrogens is 532 g/mol. The van der Waals surface area contributed by atoms with Crippen LogP contribution in [0.5, 0.6) is 0 Å². The Bertz CT molecular complexity index is 1330. The molecule has 4 aromatic heterocycles. The zero-order chi connectivity index (χ0) is 29.6. The maximum atomic E-state index is 11.9. The third-order valence-electron chi connectivity index (χ3n) is 7.84. The minimum atomic E-state index is -0.939. The van der Waals surface area contributed by atoms with Gasteiger partial charge in [-0.25, -0.2) is 0 Å². The Morgan fingerprint density at radius 1 is 0.581 bits per heavy atom. The molecule has 0 fully saturated rings. The minimum Gasteiger partial charge on any atom is -0.384 e. The van der Waals surface area contributed by atoms with Crippen LogP contribution in [0.15, 0.2) is 121 Å². The third kappa shape index (κ3) is 10.3. The molecule has 0 bridgehead atoms. The molecule has 0 amide bonds. The number of rotatable bonds is 16. The van der Waals surface area contributed by atoms with E-state index >= 15 is 0 Å². The van der Waals surface area contributed by atoms with Crippen LogP contribution < -0.4 is 0 Å². The van der Waals surface area contributed by atoms with Crippen LogP contribution in [0.3, 0.4) is 0 Å². The molecule has 0 aromatic carbocycles. The average molecular weight is 575 g/mol. The summed E-state index contributed by atoms with van der Waals surface area (Å²) in [6, 6.07) is 24.3. The molecule has 0 saturated heterocycles. The molecule has 1 aliphatic rings. The summed E-state index contributed by atoms with van der Waals surface area (Å²) in [5.74, 6) is 0. The maximum Gasteiger partial charge on any atom is 0.0994 e. The Kier molecular flexibility index (Phi) is 11.3. The topological polar surface area (TPSA) is 78.3 Å². The summed E-state index contributed by atoms with van der Waals surface area (Å²) in [6.45, 7) is 4.78. The predicted octanol–water partition coefficient (Wildman–Crippen LogP) is 4.76. The molecule has 4 aromatic rings. The molecule has 7 heteroatoms. The van der Waals surface area contributed by atoms with Crippen LogP contribution in [0.1, 0.15) is 29.2 Å². The maximum absolute atomic E-state index is 11.9. The molecular formula is C36H42N6O. The second-order valence-corrected chi connectivity index (χ2v) is 11.3. The van der Waals surface area contributed by atoms with Crippen molar-refractivity contribution in [3.63, 3.8) is 0 Å². The van der Waals surface area contributed by atoms with Crippen LogP contribution in [0.25, 0.3) is 0 Å². The Balaban J connectivity index is 1.23. The van der Waals surface area contributed by atoms with Gasteiger partial charge < -0.3 is 5.11 Å². The van der Waals surface area contributed by atoms with Crippen LogP contribution in [0.4, 0.5) is 0 Å². The molecule has 0 saturated carbocycles. The highest BCUT2D eigenvalue weighted by molar-refractivity contribution is 5.27. The lowest BCUT2D eigenvalue weighted by Gasteiger charge is -2.35. The normalized spacial score (nSPS) is 16.5. The van der Waals surface area contributed by atoms with Gasteiger partial charge in [-0.15, -0.1) is 0 Å². The van der Waals surface area contributed by atoms with Gasteiger partial charge in [0, 0.05) is 119 Å². The molecule has 222 valence electrons. The summed E-state index contributed by atoms with van der Waals surface area (Å²) in [5.41, 5.74) is 4.61. The summed E-state index contributed by atoms with van der Waals surface area (Å²) in [7, 11) is 0. The van der Waals surface area contributed by atoms with Crippen molar-refractivity contribution in [3.8, 4) is 0 Å². The van der Waals surface area contributed by atoms with Gasteiger partial charge in [-0.1, -0.05) is 48.1 Å². The first-order chi connectivity index (χ1) is 21.1. The van der Waals surface area contributed by atoms with Gasteiger partial charge in [-0.3, -0.25) is 29.7 Å². The Morgan fingerprint density at radius 2 is 1.00 bits per heavy atom. The third-order valence-corrected chi connectivity index (χ3v) is 7.84. The molecule has 0 spiro atoms. The number of nitrogens with zero attached hydrogens (tertiary/aromatic N) is 6. The van der Waals surface area contributed by atoms with E-state index in [2.05, 4.69) is 60.1 Å². The largest absolute Gasteiger partial charge is 0.384 e. The van der Waals surface area contributed by atoms with E-state index in [1.54, 1.807) is 0 Å². The SMILES string of the molecule is OC1(CN(CCc2ccccn2)CCc2ccccn2)C=CC=C(CN(CCc2ccccn2)CCc2ccccn2)C1. The van der Waals surface area contributed by atoms with Gasteiger partial charge >= 0.3 is 0 Å². The zero-order valence-electron chi connectivity index (χ0n) is 24.9. The smallest absolute Gasteiger partial charge is 0.0994 e. The number of hydrogen-bond donors (Lipinski definition) is 1. The van der Waals surface area contributed by atoms with Gasteiger partial charge in [-0.2, -0.15) is 0 Å². The van der Waals surface area contributed by atoms with Gasteiger partial charge in [0.15, 0.2) is 0 Å². The Hall–Kier alpha value is -4.04. The van der Waals surface area contributed by atoms with Gasteiger partial charge in [0.25, 0.3) is 0 Å². The summed E-state index contributed by atoms with van der Waals surface area (Å²) in [4.78, 5) is 22.9. The van der Waals surface area contributed by atoms with Gasteiger partial charge in [0.05, 0.1) is 5.60 Å². The predicted molar refractivity (Wildman–Crippen MR) is 171 cm³/mol. The first kappa shape index (κ1) is 30.4. The highest BCUT2D eigenvalue weighted by Crippen LogP contribution is 2.26.